The standard InChI is InChI=1S/C18H25N3/c1-19-18(15-9-5-2-3-6-10-15)16-13-20-21(14-16)17-11-7-4-8-12-17/h4,7-8,11-15,18-19H,2-3,5-6,9-10H2,1H3. The van der Waals surface area contributed by atoms with Crippen LogP contribution in [0.2, 0.25) is 0 Å². The Morgan fingerprint density at radius 1 is 1.10 bits per heavy atom. The zero-order valence-electron chi connectivity index (χ0n) is 12.8. The predicted molar refractivity (Wildman–Crippen MR) is 86.6 cm³/mol. The van der Waals surface area contributed by atoms with Crippen molar-refractivity contribution < 1.29 is 0 Å². The van der Waals surface area contributed by atoms with Gasteiger partial charge in [-0.3, -0.25) is 0 Å². The molecule has 1 atom stereocenters. The topological polar surface area (TPSA) is 29.9 Å². The predicted octanol–water partition coefficient (Wildman–Crippen LogP) is 4.10. The van der Waals surface area contributed by atoms with Gasteiger partial charge in [-0.25, -0.2) is 4.68 Å². The first-order valence-corrected chi connectivity index (χ1v) is 8.16. The van der Waals surface area contributed by atoms with E-state index in [9.17, 15) is 0 Å². The van der Waals surface area contributed by atoms with E-state index in [2.05, 4.69) is 47.9 Å². The Morgan fingerprint density at radius 3 is 2.48 bits per heavy atom. The average molecular weight is 283 g/mol. The Bertz CT molecular complexity index is 539. The van der Waals surface area contributed by atoms with Crippen LogP contribution < -0.4 is 5.32 Å². The van der Waals surface area contributed by atoms with E-state index >= 15 is 0 Å². The van der Waals surface area contributed by atoms with Crippen LogP contribution in [-0.4, -0.2) is 16.8 Å². The molecule has 1 saturated carbocycles. The Kier molecular flexibility index (Phi) is 4.71. The lowest BCUT2D eigenvalue weighted by atomic mass is 9.88. The minimum atomic E-state index is 0.431. The van der Waals surface area contributed by atoms with Gasteiger partial charge in [0, 0.05) is 17.8 Å². The molecule has 1 unspecified atom stereocenters. The summed E-state index contributed by atoms with van der Waals surface area (Å²) in [5, 5.41) is 8.08. The molecular weight excluding hydrogens is 258 g/mol. The molecule has 2 aromatic rings. The molecule has 1 aromatic heterocycles. The van der Waals surface area contributed by atoms with Gasteiger partial charge in [0.15, 0.2) is 0 Å². The maximum atomic E-state index is 4.55. The van der Waals surface area contributed by atoms with E-state index in [-0.39, 0.29) is 0 Å². The second-order valence-electron chi connectivity index (χ2n) is 6.07. The van der Waals surface area contributed by atoms with Crippen LogP contribution in [0.15, 0.2) is 42.7 Å². The molecule has 0 amide bonds. The Labute approximate surface area is 127 Å². The van der Waals surface area contributed by atoms with Crippen LogP contribution in [0, 0.1) is 5.92 Å². The third kappa shape index (κ3) is 3.35. The zero-order valence-corrected chi connectivity index (χ0v) is 12.8. The zero-order chi connectivity index (χ0) is 14.5. The molecule has 1 N–H and O–H groups in total. The number of nitrogens with one attached hydrogen (secondary N) is 1. The van der Waals surface area contributed by atoms with Crippen LogP contribution in [0.4, 0.5) is 0 Å². The van der Waals surface area contributed by atoms with E-state index in [0.717, 1.165) is 11.6 Å². The highest BCUT2D eigenvalue weighted by Gasteiger charge is 2.24. The molecule has 1 fully saturated rings. The molecule has 3 nitrogen and oxygen atoms in total. The van der Waals surface area contributed by atoms with Gasteiger partial charge in [0.25, 0.3) is 0 Å². The summed E-state index contributed by atoms with van der Waals surface area (Å²) < 4.78 is 1.98. The van der Waals surface area contributed by atoms with Gasteiger partial charge in [-0.15, -0.1) is 0 Å². The largest absolute Gasteiger partial charge is 0.313 e. The molecule has 0 spiro atoms. The maximum Gasteiger partial charge on any atom is 0.0645 e. The van der Waals surface area contributed by atoms with Crippen LogP contribution in [0.1, 0.15) is 50.1 Å². The molecule has 1 heterocycles. The van der Waals surface area contributed by atoms with E-state index in [0.29, 0.717) is 6.04 Å². The lowest BCUT2D eigenvalue weighted by Gasteiger charge is -2.24. The molecule has 1 aromatic carbocycles. The van der Waals surface area contributed by atoms with Crippen molar-refractivity contribution in [1.82, 2.24) is 15.1 Å². The van der Waals surface area contributed by atoms with Crippen LogP contribution >= 0.6 is 0 Å². The van der Waals surface area contributed by atoms with Crippen LogP contribution in [0.25, 0.3) is 5.69 Å². The third-order valence-corrected chi connectivity index (χ3v) is 4.66. The second kappa shape index (κ2) is 6.90. The van der Waals surface area contributed by atoms with E-state index < -0.39 is 0 Å². The van der Waals surface area contributed by atoms with E-state index in [1.165, 1.54) is 44.1 Å². The quantitative estimate of drug-likeness (QED) is 0.856. The SMILES string of the molecule is CNC(c1cnn(-c2ccccc2)c1)C1CCCCCC1. The first kappa shape index (κ1) is 14.3. The summed E-state index contributed by atoms with van der Waals surface area (Å²) in [4.78, 5) is 0. The molecule has 0 radical (unpaired) electrons. The number of hydrogen-bond donors (Lipinski definition) is 1. The van der Waals surface area contributed by atoms with Crippen molar-refractivity contribution in [2.75, 3.05) is 7.05 Å². The lowest BCUT2D eigenvalue weighted by Crippen LogP contribution is -2.24. The van der Waals surface area contributed by atoms with Gasteiger partial charge < -0.3 is 5.32 Å². The first-order valence-electron chi connectivity index (χ1n) is 8.16. The fourth-order valence-electron chi connectivity index (χ4n) is 3.54. The number of aromatic nitrogens is 2. The van der Waals surface area contributed by atoms with Crippen molar-refractivity contribution in [3.8, 4) is 5.69 Å². The van der Waals surface area contributed by atoms with Gasteiger partial charge in [0.2, 0.25) is 0 Å². The number of benzene rings is 1. The summed E-state index contributed by atoms with van der Waals surface area (Å²) >= 11 is 0. The van der Waals surface area contributed by atoms with Gasteiger partial charge in [-0.2, -0.15) is 5.10 Å². The van der Waals surface area contributed by atoms with E-state index in [1.807, 2.05) is 16.9 Å². The highest BCUT2D eigenvalue weighted by atomic mass is 15.3. The smallest absolute Gasteiger partial charge is 0.0645 e. The highest BCUT2D eigenvalue weighted by Crippen LogP contribution is 2.33. The van der Waals surface area contributed by atoms with Crippen molar-refractivity contribution in [3.05, 3.63) is 48.3 Å². The minimum Gasteiger partial charge on any atom is -0.313 e. The summed E-state index contributed by atoms with van der Waals surface area (Å²) in [6.45, 7) is 0. The fourth-order valence-corrected chi connectivity index (χ4v) is 3.54. The number of hydrogen-bond acceptors (Lipinski definition) is 2. The monoisotopic (exact) mass is 283 g/mol. The van der Waals surface area contributed by atoms with Crippen molar-refractivity contribution in [2.24, 2.45) is 5.92 Å². The summed E-state index contributed by atoms with van der Waals surface area (Å²) in [5.74, 6) is 0.742. The molecule has 1 aliphatic carbocycles. The van der Waals surface area contributed by atoms with Crippen molar-refractivity contribution in [1.29, 1.82) is 0 Å². The molecule has 0 saturated heterocycles. The molecule has 1 aliphatic rings. The molecule has 3 heteroatoms. The van der Waals surface area contributed by atoms with E-state index in [4.69, 9.17) is 0 Å². The fraction of sp³-hybridized carbons (Fsp3) is 0.500. The first-order chi connectivity index (χ1) is 10.4. The molecule has 3 rings (SSSR count). The Balaban J connectivity index is 1.79. The molecule has 0 bridgehead atoms. The van der Waals surface area contributed by atoms with Crippen LogP contribution in [0.5, 0.6) is 0 Å². The van der Waals surface area contributed by atoms with E-state index in [1.54, 1.807) is 0 Å². The summed E-state index contributed by atoms with van der Waals surface area (Å²) in [6, 6.07) is 10.8. The lowest BCUT2D eigenvalue weighted by molar-refractivity contribution is 0.341. The highest BCUT2D eigenvalue weighted by molar-refractivity contribution is 5.31. The van der Waals surface area contributed by atoms with Crippen LogP contribution in [0.3, 0.4) is 0 Å². The van der Waals surface area contributed by atoms with Crippen molar-refractivity contribution >= 4 is 0 Å². The van der Waals surface area contributed by atoms with Gasteiger partial charge >= 0.3 is 0 Å². The Morgan fingerprint density at radius 2 is 1.81 bits per heavy atom. The normalized spacial score (nSPS) is 18.3. The van der Waals surface area contributed by atoms with Gasteiger partial charge in [-0.05, 0) is 37.9 Å². The van der Waals surface area contributed by atoms with Gasteiger partial charge in [-0.1, -0.05) is 43.9 Å². The second-order valence-corrected chi connectivity index (χ2v) is 6.07. The van der Waals surface area contributed by atoms with Gasteiger partial charge in [0.05, 0.1) is 11.9 Å². The Hall–Kier alpha value is -1.61. The molecule has 0 aliphatic heterocycles. The number of para-hydroxylation sites is 1. The molecule has 112 valence electrons. The van der Waals surface area contributed by atoms with Crippen LogP contribution in [-0.2, 0) is 0 Å². The van der Waals surface area contributed by atoms with Gasteiger partial charge in [0.1, 0.15) is 0 Å². The third-order valence-electron chi connectivity index (χ3n) is 4.66. The summed E-state index contributed by atoms with van der Waals surface area (Å²) in [5.41, 5.74) is 2.44. The van der Waals surface area contributed by atoms with Crippen molar-refractivity contribution in [2.45, 2.75) is 44.6 Å². The van der Waals surface area contributed by atoms with Crippen molar-refractivity contribution in [3.63, 3.8) is 0 Å². The molecular formula is C18H25N3. The summed E-state index contributed by atoms with van der Waals surface area (Å²) in [6.07, 6.45) is 12.4. The number of nitrogens with zero attached hydrogens (tertiary/aromatic N) is 2. The number of rotatable bonds is 4. The average Bonchev–Trinajstić information content (AvgIpc) is 2.86. The maximum absolute atomic E-state index is 4.55. The minimum absolute atomic E-state index is 0.431. The molecule has 21 heavy (non-hydrogen) atoms. The summed E-state index contributed by atoms with van der Waals surface area (Å²) in [7, 11) is 2.08.